The number of rotatable bonds is 2. The van der Waals surface area contributed by atoms with Crippen LogP contribution in [-0.2, 0) is 6.32 Å². The highest BCUT2D eigenvalue weighted by Gasteiger charge is 2.23. The van der Waals surface area contributed by atoms with Gasteiger partial charge >= 0.3 is 6.98 Å². The van der Waals surface area contributed by atoms with E-state index in [1.165, 1.54) is 18.2 Å². The second-order valence-corrected chi connectivity index (χ2v) is 3.02. The lowest BCUT2D eigenvalue weighted by Gasteiger charge is -2.13. The molecule has 74 valence electrons. The zero-order valence-corrected chi connectivity index (χ0v) is 7.31. The predicted octanol–water partition coefficient (Wildman–Crippen LogP) is 2.18. The largest absolute Gasteiger partial charge is 0.482 e. The molecule has 14 heavy (non-hydrogen) atoms. The van der Waals surface area contributed by atoms with Crippen LogP contribution in [0.3, 0.4) is 0 Å². The van der Waals surface area contributed by atoms with Gasteiger partial charge in [0.05, 0.1) is 0 Å². The van der Waals surface area contributed by atoms with Crippen molar-refractivity contribution < 1.29 is 12.9 Å². The van der Waals surface area contributed by atoms with Crippen LogP contribution in [0.2, 0.25) is 0 Å². The van der Waals surface area contributed by atoms with E-state index in [-0.39, 0.29) is 11.3 Å². The molecule has 1 aromatic carbocycles. The summed E-state index contributed by atoms with van der Waals surface area (Å²) in [6.07, 6.45) is 4.12. The maximum atomic E-state index is 12.1. The van der Waals surface area contributed by atoms with Crippen LogP contribution in [0.1, 0.15) is 11.1 Å². The summed E-state index contributed by atoms with van der Waals surface area (Å²) in [4.78, 5) is 0. The number of nitrogen functional groups attached to an aromatic ring is 1. The Bertz CT molecular complexity index is 379. The average molecular weight is 198 g/mol. The van der Waals surface area contributed by atoms with Crippen molar-refractivity contribution in [1.82, 2.24) is 0 Å². The molecular weight excluding hydrogens is 190 g/mol. The Balaban J connectivity index is 3.00. The van der Waals surface area contributed by atoms with Gasteiger partial charge in [0.2, 0.25) is 0 Å². The monoisotopic (exact) mass is 198 g/mol. The molecule has 0 aliphatic carbocycles. The summed E-state index contributed by atoms with van der Waals surface area (Å²) in [5, 5.41) is 0. The van der Waals surface area contributed by atoms with Gasteiger partial charge in [0, 0.05) is 11.3 Å². The molecule has 2 N–H and O–H groups in total. The summed E-state index contributed by atoms with van der Waals surface area (Å²) >= 11 is 0. The first-order valence-electron chi connectivity index (χ1n) is 3.98. The van der Waals surface area contributed by atoms with Gasteiger partial charge < -0.3 is 18.7 Å². The number of hydrogen-bond acceptors (Lipinski definition) is 1. The molecule has 0 radical (unpaired) electrons. The van der Waals surface area contributed by atoms with Gasteiger partial charge in [0.1, 0.15) is 0 Å². The number of halogens is 3. The normalized spacial score (nSPS) is 11.0. The fourth-order valence-corrected chi connectivity index (χ4v) is 1.19. The third kappa shape index (κ3) is 3.06. The Morgan fingerprint density at radius 2 is 1.93 bits per heavy atom. The smallest absolute Gasteiger partial charge is 0.449 e. The third-order valence-corrected chi connectivity index (χ3v) is 1.65. The minimum atomic E-state index is -4.84. The Labute approximate surface area is 80.2 Å². The lowest BCUT2D eigenvalue weighted by Crippen LogP contribution is -2.19. The van der Waals surface area contributed by atoms with Gasteiger partial charge in [-0.2, -0.15) is 0 Å². The number of anilines is 1. The molecule has 0 spiro atoms. The SMILES string of the molecule is C#Cc1cc(N)cc(C[B-](F)(F)F)c1. The van der Waals surface area contributed by atoms with Crippen molar-refractivity contribution in [3.05, 3.63) is 29.3 Å². The molecule has 1 aromatic rings. The molecule has 1 rings (SSSR count). The van der Waals surface area contributed by atoms with Gasteiger partial charge in [-0.3, -0.25) is 0 Å². The number of terminal acetylenes is 1. The summed E-state index contributed by atoms with van der Waals surface area (Å²) < 4.78 is 36.2. The molecule has 0 atom stereocenters. The molecule has 0 saturated carbocycles. The van der Waals surface area contributed by atoms with E-state index in [1.54, 1.807) is 0 Å². The molecule has 0 saturated heterocycles. The van der Waals surface area contributed by atoms with Crippen molar-refractivity contribution in [3.8, 4) is 12.3 Å². The zero-order chi connectivity index (χ0) is 10.8. The highest BCUT2D eigenvalue weighted by atomic mass is 19.4. The van der Waals surface area contributed by atoms with Crippen LogP contribution in [0.25, 0.3) is 0 Å². The second-order valence-electron chi connectivity index (χ2n) is 3.02. The minimum absolute atomic E-state index is 0.116. The fourth-order valence-electron chi connectivity index (χ4n) is 1.19. The summed E-state index contributed by atoms with van der Waals surface area (Å²) in [6.45, 7) is -4.84. The molecule has 0 aliphatic rings. The molecular formula is C9H8BF3N-. The summed E-state index contributed by atoms with van der Waals surface area (Å²) in [6, 6.07) is 4.08. The van der Waals surface area contributed by atoms with Crippen molar-refractivity contribution in [2.45, 2.75) is 6.32 Å². The first-order chi connectivity index (χ1) is 6.40. The molecule has 1 nitrogen and oxygen atoms in total. The molecule has 0 unspecified atom stereocenters. The first kappa shape index (κ1) is 10.5. The molecule has 0 heterocycles. The van der Waals surface area contributed by atoms with Gasteiger partial charge in [-0.15, -0.1) is 6.42 Å². The second kappa shape index (κ2) is 3.66. The molecule has 0 bridgehead atoms. The van der Waals surface area contributed by atoms with Crippen molar-refractivity contribution in [3.63, 3.8) is 0 Å². The topological polar surface area (TPSA) is 26.0 Å². The lowest BCUT2D eigenvalue weighted by atomic mass is 9.81. The Hall–Kier alpha value is -1.57. The average Bonchev–Trinajstić information content (AvgIpc) is 1.99. The van der Waals surface area contributed by atoms with E-state index in [0.29, 0.717) is 5.56 Å². The Morgan fingerprint density at radius 1 is 1.29 bits per heavy atom. The van der Waals surface area contributed by atoms with E-state index < -0.39 is 13.3 Å². The summed E-state index contributed by atoms with van der Waals surface area (Å²) in [5.74, 6) is 2.25. The van der Waals surface area contributed by atoms with Crippen LogP contribution in [0.4, 0.5) is 18.6 Å². The zero-order valence-electron chi connectivity index (χ0n) is 7.31. The van der Waals surface area contributed by atoms with Gasteiger partial charge in [-0.05, 0) is 18.2 Å². The third-order valence-electron chi connectivity index (χ3n) is 1.65. The highest BCUT2D eigenvalue weighted by Crippen LogP contribution is 2.19. The maximum absolute atomic E-state index is 12.1. The summed E-state index contributed by atoms with van der Waals surface area (Å²) in [5.41, 5.74) is 6.15. The lowest BCUT2D eigenvalue weighted by molar-refractivity contribution is 0.468. The fraction of sp³-hybridized carbons (Fsp3) is 0.111. The van der Waals surface area contributed by atoms with Crippen molar-refractivity contribution >= 4 is 12.7 Å². The van der Waals surface area contributed by atoms with Crippen LogP contribution >= 0.6 is 0 Å². The standard InChI is InChI=1S/C9H8BF3N/c1-2-7-3-8(5-9(14)4-7)6-10(11,12)13/h1,3-5H,6,14H2/q-1. The van der Waals surface area contributed by atoms with Crippen LogP contribution in [0.5, 0.6) is 0 Å². The molecule has 0 aromatic heterocycles. The van der Waals surface area contributed by atoms with Gasteiger partial charge in [-0.1, -0.05) is 17.8 Å². The Kier molecular flexibility index (Phi) is 2.75. The molecule has 0 fully saturated rings. The van der Waals surface area contributed by atoms with Gasteiger partial charge in [0.25, 0.3) is 0 Å². The van der Waals surface area contributed by atoms with E-state index in [9.17, 15) is 12.9 Å². The van der Waals surface area contributed by atoms with E-state index in [2.05, 4.69) is 5.92 Å². The van der Waals surface area contributed by atoms with Gasteiger partial charge in [0.15, 0.2) is 0 Å². The molecule has 0 amide bonds. The Morgan fingerprint density at radius 3 is 2.43 bits per heavy atom. The van der Waals surface area contributed by atoms with Crippen molar-refractivity contribution in [1.29, 1.82) is 0 Å². The van der Waals surface area contributed by atoms with Crippen LogP contribution in [0.15, 0.2) is 18.2 Å². The van der Waals surface area contributed by atoms with E-state index >= 15 is 0 Å². The van der Waals surface area contributed by atoms with Crippen LogP contribution in [0, 0.1) is 12.3 Å². The van der Waals surface area contributed by atoms with E-state index in [1.807, 2.05) is 0 Å². The predicted molar refractivity (Wildman–Crippen MR) is 51.6 cm³/mol. The van der Waals surface area contributed by atoms with E-state index in [0.717, 1.165) is 0 Å². The van der Waals surface area contributed by atoms with Crippen molar-refractivity contribution in [2.75, 3.05) is 5.73 Å². The minimum Gasteiger partial charge on any atom is -0.449 e. The quantitative estimate of drug-likeness (QED) is 0.439. The van der Waals surface area contributed by atoms with E-state index in [4.69, 9.17) is 12.2 Å². The molecule has 0 aliphatic heterocycles. The molecule has 5 heteroatoms. The number of hydrogen-bond donors (Lipinski definition) is 1. The maximum Gasteiger partial charge on any atom is 0.482 e. The van der Waals surface area contributed by atoms with Crippen LogP contribution < -0.4 is 5.73 Å². The first-order valence-corrected chi connectivity index (χ1v) is 3.98. The van der Waals surface area contributed by atoms with Crippen molar-refractivity contribution in [2.24, 2.45) is 0 Å². The van der Waals surface area contributed by atoms with Crippen LogP contribution in [-0.4, -0.2) is 6.98 Å². The number of nitrogens with two attached hydrogens (primary N) is 1. The van der Waals surface area contributed by atoms with Gasteiger partial charge in [-0.25, -0.2) is 0 Å². The summed E-state index contributed by atoms with van der Waals surface area (Å²) in [7, 11) is 0. The highest BCUT2D eigenvalue weighted by molar-refractivity contribution is 6.57. The number of benzene rings is 1.